The van der Waals surface area contributed by atoms with Crippen molar-refractivity contribution in [2.24, 2.45) is 0 Å². The minimum absolute atomic E-state index is 0.345. The SMILES string of the molecule is CCCNCCC.Cc1ccc(O)cc1C. The highest BCUT2D eigenvalue weighted by Crippen LogP contribution is 2.13. The van der Waals surface area contributed by atoms with Crippen LogP contribution in [0.1, 0.15) is 37.8 Å². The second-order valence-corrected chi connectivity index (χ2v) is 4.02. The van der Waals surface area contributed by atoms with Crippen molar-refractivity contribution in [3.63, 3.8) is 0 Å². The van der Waals surface area contributed by atoms with E-state index in [2.05, 4.69) is 19.2 Å². The monoisotopic (exact) mass is 223 g/mol. The maximum Gasteiger partial charge on any atom is 0.115 e. The first-order valence-corrected chi connectivity index (χ1v) is 6.08. The van der Waals surface area contributed by atoms with E-state index in [4.69, 9.17) is 5.11 Å². The van der Waals surface area contributed by atoms with Gasteiger partial charge in [-0.05, 0) is 63.0 Å². The third kappa shape index (κ3) is 7.30. The summed E-state index contributed by atoms with van der Waals surface area (Å²) in [5.41, 5.74) is 2.35. The number of nitrogens with one attached hydrogen (secondary N) is 1. The Morgan fingerprint density at radius 3 is 1.94 bits per heavy atom. The highest BCUT2D eigenvalue weighted by atomic mass is 16.3. The number of aromatic hydroxyl groups is 1. The van der Waals surface area contributed by atoms with Crippen LogP contribution >= 0.6 is 0 Å². The van der Waals surface area contributed by atoms with Gasteiger partial charge in [0.1, 0.15) is 5.75 Å². The van der Waals surface area contributed by atoms with Crippen LogP contribution in [0.2, 0.25) is 0 Å². The second-order valence-electron chi connectivity index (χ2n) is 4.02. The lowest BCUT2D eigenvalue weighted by atomic mass is 10.1. The zero-order valence-corrected chi connectivity index (χ0v) is 11.0. The maximum atomic E-state index is 8.94. The number of hydrogen-bond donors (Lipinski definition) is 2. The second kappa shape index (κ2) is 9.22. The molecule has 0 spiro atoms. The smallest absolute Gasteiger partial charge is 0.115 e. The Morgan fingerprint density at radius 2 is 1.56 bits per heavy atom. The van der Waals surface area contributed by atoms with Gasteiger partial charge < -0.3 is 10.4 Å². The summed E-state index contributed by atoms with van der Waals surface area (Å²) in [5, 5.41) is 12.2. The zero-order valence-electron chi connectivity index (χ0n) is 11.0. The van der Waals surface area contributed by atoms with Crippen LogP contribution in [0.25, 0.3) is 0 Å². The molecule has 16 heavy (non-hydrogen) atoms. The number of rotatable bonds is 4. The molecular formula is C14H25NO. The van der Waals surface area contributed by atoms with Crippen LogP contribution in [0.15, 0.2) is 18.2 Å². The molecule has 0 saturated carbocycles. The van der Waals surface area contributed by atoms with E-state index < -0.39 is 0 Å². The van der Waals surface area contributed by atoms with E-state index in [-0.39, 0.29) is 0 Å². The summed E-state index contributed by atoms with van der Waals surface area (Å²) in [6, 6.07) is 5.36. The highest BCUT2D eigenvalue weighted by Gasteiger charge is 1.90. The fourth-order valence-corrected chi connectivity index (χ4v) is 1.20. The van der Waals surface area contributed by atoms with Gasteiger partial charge in [0.15, 0.2) is 0 Å². The van der Waals surface area contributed by atoms with E-state index >= 15 is 0 Å². The largest absolute Gasteiger partial charge is 0.508 e. The Hall–Kier alpha value is -1.02. The minimum atomic E-state index is 0.345. The lowest BCUT2D eigenvalue weighted by Crippen LogP contribution is -2.14. The first-order chi connectivity index (χ1) is 7.61. The average Bonchev–Trinajstić information content (AvgIpc) is 2.26. The zero-order chi connectivity index (χ0) is 12.4. The topological polar surface area (TPSA) is 32.3 Å². The molecule has 0 fully saturated rings. The summed E-state index contributed by atoms with van der Waals surface area (Å²) in [5.74, 6) is 0.345. The van der Waals surface area contributed by atoms with Gasteiger partial charge in [-0.15, -0.1) is 0 Å². The summed E-state index contributed by atoms with van der Waals surface area (Å²) in [6.07, 6.45) is 2.50. The molecule has 0 aliphatic heterocycles. The Kier molecular flexibility index (Phi) is 8.64. The molecule has 0 bridgehead atoms. The third-order valence-corrected chi connectivity index (χ3v) is 2.34. The molecule has 0 amide bonds. The van der Waals surface area contributed by atoms with Gasteiger partial charge in [0.25, 0.3) is 0 Å². The number of phenols is 1. The molecule has 0 atom stereocenters. The van der Waals surface area contributed by atoms with Gasteiger partial charge in [-0.3, -0.25) is 0 Å². The molecule has 1 aromatic rings. The summed E-state index contributed by atoms with van der Waals surface area (Å²) in [4.78, 5) is 0. The van der Waals surface area contributed by atoms with Crippen molar-refractivity contribution in [2.75, 3.05) is 13.1 Å². The van der Waals surface area contributed by atoms with Crippen LogP contribution in [0.3, 0.4) is 0 Å². The molecule has 0 aliphatic carbocycles. The number of phenolic OH excluding ortho intramolecular Hbond substituents is 1. The summed E-state index contributed by atoms with van der Waals surface area (Å²) in [7, 11) is 0. The van der Waals surface area contributed by atoms with Crippen LogP contribution in [-0.4, -0.2) is 18.2 Å². The number of benzene rings is 1. The minimum Gasteiger partial charge on any atom is -0.508 e. The number of hydrogen-bond acceptors (Lipinski definition) is 2. The van der Waals surface area contributed by atoms with Gasteiger partial charge in [-0.2, -0.15) is 0 Å². The van der Waals surface area contributed by atoms with E-state index in [1.807, 2.05) is 19.9 Å². The normalized spacial score (nSPS) is 9.50. The predicted octanol–water partition coefficient (Wildman–Crippen LogP) is 3.41. The Labute approximate surface area is 99.7 Å². The molecular weight excluding hydrogens is 198 g/mol. The van der Waals surface area contributed by atoms with Crippen molar-refractivity contribution in [2.45, 2.75) is 40.5 Å². The number of aryl methyl sites for hydroxylation is 2. The quantitative estimate of drug-likeness (QED) is 0.767. The molecule has 2 heteroatoms. The average molecular weight is 223 g/mol. The molecule has 0 heterocycles. The van der Waals surface area contributed by atoms with Crippen LogP contribution in [0, 0.1) is 13.8 Å². The van der Waals surface area contributed by atoms with Crippen molar-refractivity contribution in [3.05, 3.63) is 29.3 Å². The Morgan fingerprint density at radius 1 is 1.00 bits per heavy atom. The van der Waals surface area contributed by atoms with Gasteiger partial charge in [0.05, 0.1) is 0 Å². The van der Waals surface area contributed by atoms with Crippen molar-refractivity contribution < 1.29 is 5.11 Å². The molecule has 2 nitrogen and oxygen atoms in total. The van der Waals surface area contributed by atoms with E-state index in [1.54, 1.807) is 12.1 Å². The van der Waals surface area contributed by atoms with E-state index in [9.17, 15) is 0 Å². The van der Waals surface area contributed by atoms with Crippen LogP contribution < -0.4 is 5.32 Å². The summed E-state index contributed by atoms with van der Waals surface area (Å²) < 4.78 is 0. The molecule has 0 aromatic heterocycles. The molecule has 92 valence electrons. The highest BCUT2D eigenvalue weighted by molar-refractivity contribution is 5.32. The summed E-state index contributed by atoms with van der Waals surface area (Å²) >= 11 is 0. The van der Waals surface area contributed by atoms with Gasteiger partial charge in [-0.25, -0.2) is 0 Å². The standard InChI is InChI=1S/C8H10O.C6H15N/c1-6-3-4-8(9)5-7(6)2;1-3-5-7-6-4-2/h3-5,9H,1-2H3;7H,3-6H2,1-2H3. The molecule has 0 unspecified atom stereocenters. The van der Waals surface area contributed by atoms with Crippen molar-refractivity contribution in [3.8, 4) is 5.75 Å². The fourth-order valence-electron chi connectivity index (χ4n) is 1.20. The molecule has 1 aromatic carbocycles. The Bertz CT molecular complexity index is 280. The van der Waals surface area contributed by atoms with Gasteiger partial charge in [0.2, 0.25) is 0 Å². The first kappa shape index (κ1) is 15.0. The van der Waals surface area contributed by atoms with Crippen LogP contribution in [-0.2, 0) is 0 Å². The van der Waals surface area contributed by atoms with Gasteiger partial charge in [-0.1, -0.05) is 19.9 Å². The van der Waals surface area contributed by atoms with Crippen LogP contribution in [0.4, 0.5) is 0 Å². The predicted molar refractivity (Wildman–Crippen MR) is 71.0 cm³/mol. The molecule has 2 N–H and O–H groups in total. The van der Waals surface area contributed by atoms with Gasteiger partial charge in [0, 0.05) is 0 Å². The molecule has 0 radical (unpaired) electrons. The van der Waals surface area contributed by atoms with E-state index in [0.717, 1.165) is 5.56 Å². The third-order valence-electron chi connectivity index (χ3n) is 2.34. The molecule has 0 aliphatic rings. The molecule has 1 rings (SSSR count). The first-order valence-electron chi connectivity index (χ1n) is 6.08. The van der Waals surface area contributed by atoms with Crippen molar-refractivity contribution in [1.82, 2.24) is 5.32 Å². The maximum absolute atomic E-state index is 8.94. The lowest BCUT2D eigenvalue weighted by molar-refractivity contribution is 0.474. The van der Waals surface area contributed by atoms with Crippen LogP contribution in [0.5, 0.6) is 5.75 Å². The molecule has 0 saturated heterocycles. The van der Waals surface area contributed by atoms with E-state index in [1.165, 1.54) is 31.5 Å². The Balaban J connectivity index is 0.000000293. The fraction of sp³-hybridized carbons (Fsp3) is 0.571. The van der Waals surface area contributed by atoms with Gasteiger partial charge >= 0.3 is 0 Å². The van der Waals surface area contributed by atoms with Crippen molar-refractivity contribution in [1.29, 1.82) is 0 Å². The van der Waals surface area contributed by atoms with E-state index in [0.29, 0.717) is 5.75 Å². The van der Waals surface area contributed by atoms with Crippen molar-refractivity contribution >= 4 is 0 Å². The summed E-state index contributed by atoms with van der Waals surface area (Å²) in [6.45, 7) is 10.7. The lowest BCUT2D eigenvalue weighted by Gasteiger charge is -1.97.